The maximum Gasteiger partial charge on any atom is 0.329 e. The molecular formula is C12H16N2O5S. The second-order valence-electron chi connectivity index (χ2n) is 5.33. The Hall–Kier alpha value is -1.09. The summed E-state index contributed by atoms with van der Waals surface area (Å²) in [7, 11) is 0. The van der Waals surface area contributed by atoms with E-state index in [1.807, 2.05) is 0 Å². The molecule has 2 fully saturated rings. The molecule has 0 unspecified atom stereocenters. The number of nitrogens with one attached hydrogen (secondary N) is 1. The van der Waals surface area contributed by atoms with Crippen LogP contribution in [0, 0.1) is 0 Å². The molecule has 8 heteroatoms. The van der Waals surface area contributed by atoms with Gasteiger partial charge in [-0.2, -0.15) is 0 Å². The second-order valence-corrected chi connectivity index (χ2v) is 6.69. The van der Waals surface area contributed by atoms with Gasteiger partial charge in [-0.3, -0.25) is 14.3 Å². The lowest BCUT2D eigenvalue weighted by atomic mass is 10.1. The molecule has 3 heterocycles. The molecule has 2 aliphatic rings. The molecule has 2 N–H and O–H groups in total. The van der Waals surface area contributed by atoms with Gasteiger partial charge in [-0.05, 0) is 13.8 Å². The summed E-state index contributed by atoms with van der Waals surface area (Å²) in [6, 6.07) is 1.30. The molecule has 0 aromatic carbocycles. The Morgan fingerprint density at radius 1 is 1.40 bits per heavy atom. The Bertz CT molecular complexity index is 625. The molecule has 4 atom stereocenters. The van der Waals surface area contributed by atoms with Crippen molar-refractivity contribution in [2.45, 2.75) is 42.5 Å². The molecule has 7 nitrogen and oxygen atoms in total. The maximum absolute atomic E-state index is 11.9. The SMILES string of the molecule is CC1(C)O[C@@H]2[C@H](O1)[C@H](n1ccc(=O)[nH]c1=O)S[C@@H]2CO. The van der Waals surface area contributed by atoms with Gasteiger partial charge in [0.15, 0.2) is 5.79 Å². The van der Waals surface area contributed by atoms with Crippen LogP contribution in [-0.2, 0) is 9.47 Å². The smallest absolute Gasteiger partial charge is 0.329 e. The molecule has 0 radical (unpaired) electrons. The van der Waals surface area contributed by atoms with Crippen LogP contribution in [0.5, 0.6) is 0 Å². The van der Waals surface area contributed by atoms with Gasteiger partial charge in [-0.15, -0.1) is 11.8 Å². The number of hydrogen-bond donors (Lipinski definition) is 2. The molecule has 2 aliphatic heterocycles. The van der Waals surface area contributed by atoms with Crippen LogP contribution in [0.2, 0.25) is 0 Å². The highest BCUT2D eigenvalue weighted by Crippen LogP contribution is 2.50. The molecule has 0 spiro atoms. The van der Waals surface area contributed by atoms with Gasteiger partial charge >= 0.3 is 5.69 Å². The van der Waals surface area contributed by atoms with Crippen LogP contribution in [0.4, 0.5) is 0 Å². The Morgan fingerprint density at radius 2 is 2.10 bits per heavy atom. The normalized spacial score (nSPS) is 35.1. The van der Waals surface area contributed by atoms with Gasteiger partial charge in [0.25, 0.3) is 5.56 Å². The first-order chi connectivity index (χ1) is 9.41. The Balaban J connectivity index is 1.98. The Kier molecular flexibility index (Phi) is 3.28. The lowest BCUT2D eigenvalue weighted by molar-refractivity contribution is -0.149. The van der Waals surface area contributed by atoms with Crippen molar-refractivity contribution in [2.24, 2.45) is 0 Å². The van der Waals surface area contributed by atoms with E-state index < -0.39 is 17.0 Å². The van der Waals surface area contributed by atoms with E-state index in [2.05, 4.69) is 4.98 Å². The lowest BCUT2D eigenvalue weighted by Gasteiger charge is -2.23. The number of aromatic nitrogens is 2. The van der Waals surface area contributed by atoms with Gasteiger partial charge in [-0.1, -0.05) is 0 Å². The van der Waals surface area contributed by atoms with Gasteiger partial charge in [-0.25, -0.2) is 4.79 Å². The van der Waals surface area contributed by atoms with Gasteiger partial charge in [0.05, 0.1) is 11.9 Å². The summed E-state index contributed by atoms with van der Waals surface area (Å²) in [6.07, 6.45) is 0.837. The lowest BCUT2D eigenvalue weighted by Crippen LogP contribution is -2.36. The first-order valence-corrected chi connectivity index (χ1v) is 7.29. The molecule has 0 saturated carbocycles. The zero-order chi connectivity index (χ0) is 14.5. The topological polar surface area (TPSA) is 93.5 Å². The first-order valence-electron chi connectivity index (χ1n) is 6.35. The van der Waals surface area contributed by atoms with E-state index in [1.165, 1.54) is 28.6 Å². The van der Waals surface area contributed by atoms with Crippen LogP contribution in [0.15, 0.2) is 21.9 Å². The highest BCUT2D eigenvalue weighted by molar-refractivity contribution is 8.00. The van der Waals surface area contributed by atoms with Crippen molar-refractivity contribution in [1.29, 1.82) is 0 Å². The predicted octanol–water partition coefficient (Wildman–Crippen LogP) is -0.337. The molecule has 3 rings (SSSR count). The van der Waals surface area contributed by atoms with Crippen LogP contribution in [0.25, 0.3) is 0 Å². The number of aliphatic hydroxyl groups is 1. The van der Waals surface area contributed by atoms with Crippen molar-refractivity contribution in [3.8, 4) is 0 Å². The molecule has 0 bridgehead atoms. The summed E-state index contributed by atoms with van der Waals surface area (Å²) < 4.78 is 13.1. The highest BCUT2D eigenvalue weighted by Gasteiger charge is 2.55. The number of aliphatic hydroxyl groups excluding tert-OH is 1. The molecule has 2 saturated heterocycles. The van der Waals surface area contributed by atoms with E-state index in [9.17, 15) is 14.7 Å². The van der Waals surface area contributed by atoms with Gasteiger partial charge in [0, 0.05) is 12.3 Å². The van der Waals surface area contributed by atoms with E-state index in [1.54, 1.807) is 13.8 Å². The van der Waals surface area contributed by atoms with E-state index in [-0.39, 0.29) is 29.4 Å². The van der Waals surface area contributed by atoms with Crippen LogP contribution in [-0.4, -0.2) is 44.5 Å². The fourth-order valence-corrected chi connectivity index (χ4v) is 4.13. The van der Waals surface area contributed by atoms with E-state index in [0.717, 1.165) is 0 Å². The van der Waals surface area contributed by atoms with E-state index >= 15 is 0 Å². The number of aromatic amines is 1. The van der Waals surface area contributed by atoms with Crippen molar-refractivity contribution >= 4 is 11.8 Å². The average molecular weight is 300 g/mol. The summed E-state index contributed by atoms with van der Waals surface area (Å²) in [5.41, 5.74) is -0.922. The minimum Gasteiger partial charge on any atom is -0.395 e. The minimum absolute atomic E-state index is 0.0557. The largest absolute Gasteiger partial charge is 0.395 e. The van der Waals surface area contributed by atoms with Crippen molar-refractivity contribution in [3.05, 3.63) is 33.1 Å². The summed E-state index contributed by atoms with van der Waals surface area (Å²) in [6.45, 7) is 3.55. The maximum atomic E-state index is 11.9. The highest BCUT2D eigenvalue weighted by atomic mass is 32.2. The minimum atomic E-state index is -0.742. The summed E-state index contributed by atoms with van der Waals surface area (Å²) in [4.78, 5) is 25.3. The molecular weight excluding hydrogens is 284 g/mol. The van der Waals surface area contributed by atoms with Crippen LogP contribution in [0.3, 0.4) is 0 Å². The third-order valence-corrected chi connectivity index (χ3v) is 4.97. The number of H-pyrrole nitrogens is 1. The predicted molar refractivity (Wildman–Crippen MR) is 72.6 cm³/mol. The zero-order valence-electron chi connectivity index (χ0n) is 11.1. The van der Waals surface area contributed by atoms with Gasteiger partial charge in [0.2, 0.25) is 0 Å². The number of fused-ring (bicyclic) bond motifs is 1. The third kappa shape index (κ3) is 2.22. The van der Waals surface area contributed by atoms with Crippen LogP contribution >= 0.6 is 11.8 Å². The fraction of sp³-hybridized carbons (Fsp3) is 0.667. The van der Waals surface area contributed by atoms with Crippen molar-refractivity contribution in [2.75, 3.05) is 6.61 Å². The second kappa shape index (κ2) is 4.73. The number of ether oxygens (including phenoxy) is 2. The first kappa shape index (κ1) is 13.9. The monoisotopic (exact) mass is 300 g/mol. The average Bonchev–Trinajstić information content (AvgIpc) is 2.83. The van der Waals surface area contributed by atoms with Crippen LogP contribution < -0.4 is 11.2 Å². The zero-order valence-corrected chi connectivity index (χ0v) is 11.9. The summed E-state index contributed by atoms with van der Waals surface area (Å²) >= 11 is 1.42. The van der Waals surface area contributed by atoms with Gasteiger partial charge < -0.3 is 14.6 Å². The number of nitrogens with zero attached hydrogens (tertiary/aromatic N) is 1. The standard InChI is InChI=1S/C12H16N2O5S/c1-12(2)18-8-6(5-15)20-10(9(8)19-12)14-4-3-7(16)13-11(14)17/h3-4,6,8-10,15H,5H2,1-2H3,(H,13,16,17)/t6-,8+,9+,10-/m1/s1. The third-order valence-electron chi connectivity index (χ3n) is 3.43. The number of thioether (sulfide) groups is 1. The van der Waals surface area contributed by atoms with E-state index in [4.69, 9.17) is 9.47 Å². The molecule has 0 aliphatic carbocycles. The summed E-state index contributed by atoms with van der Waals surface area (Å²) in [5.74, 6) is -0.742. The molecule has 0 amide bonds. The Labute approximate surface area is 118 Å². The molecule has 1 aromatic rings. The van der Waals surface area contributed by atoms with Crippen molar-refractivity contribution in [1.82, 2.24) is 9.55 Å². The van der Waals surface area contributed by atoms with Crippen molar-refractivity contribution in [3.63, 3.8) is 0 Å². The molecule has 20 heavy (non-hydrogen) atoms. The fourth-order valence-electron chi connectivity index (χ4n) is 2.66. The van der Waals surface area contributed by atoms with Gasteiger partial charge in [0.1, 0.15) is 17.6 Å². The van der Waals surface area contributed by atoms with E-state index in [0.29, 0.717) is 0 Å². The number of rotatable bonds is 2. The number of hydrogen-bond acceptors (Lipinski definition) is 6. The van der Waals surface area contributed by atoms with Crippen LogP contribution in [0.1, 0.15) is 19.2 Å². The van der Waals surface area contributed by atoms with Crippen molar-refractivity contribution < 1.29 is 14.6 Å². The quantitative estimate of drug-likeness (QED) is 0.776. The molecule has 1 aromatic heterocycles. The molecule has 110 valence electrons. The Morgan fingerprint density at radius 3 is 2.75 bits per heavy atom. The summed E-state index contributed by atoms with van der Waals surface area (Å²) in [5, 5.41) is 8.97.